The molecule has 0 bridgehead atoms. The molecule has 1 saturated heterocycles. The van der Waals surface area contributed by atoms with Gasteiger partial charge >= 0.3 is 0 Å². The first kappa shape index (κ1) is 28.6. The van der Waals surface area contributed by atoms with Crippen LogP contribution < -0.4 is 32.5 Å². The summed E-state index contributed by atoms with van der Waals surface area (Å²) in [6, 6.07) is 7.93. The molecule has 0 unspecified atom stereocenters. The van der Waals surface area contributed by atoms with Crippen LogP contribution in [0.3, 0.4) is 0 Å². The molecule has 1 aliphatic rings. The Morgan fingerprint density at radius 1 is 1.25 bits per heavy atom. The van der Waals surface area contributed by atoms with Crippen LogP contribution in [0.4, 0.5) is 0 Å². The summed E-state index contributed by atoms with van der Waals surface area (Å²) in [7, 11) is 0. The zero-order valence-electron chi connectivity index (χ0n) is 20.7. The van der Waals surface area contributed by atoms with Gasteiger partial charge in [0.2, 0.25) is 11.8 Å². The van der Waals surface area contributed by atoms with E-state index in [0.29, 0.717) is 45.3 Å². The molecule has 0 saturated carbocycles. The van der Waals surface area contributed by atoms with Gasteiger partial charge in [0.25, 0.3) is 5.91 Å². The van der Waals surface area contributed by atoms with Crippen molar-refractivity contribution in [2.45, 2.75) is 57.2 Å². The molecule has 1 aliphatic heterocycles. The highest BCUT2D eigenvalue weighted by molar-refractivity contribution is 5.87. The number of hydrogen-bond acceptors (Lipinski definition) is 6. The zero-order valence-corrected chi connectivity index (χ0v) is 20.7. The molecule has 12 heteroatoms. The zero-order chi connectivity index (χ0) is 26.5. The predicted molar refractivity (Wildman–Crippen MR) is 131 cm³/mol. The number of carboxylic acid groups (broad SMARTS) is 1. The maximum Gasteiger partial charge on any atom is 0.281 e. The maximum absolute atomic E-state index is 13.1. The number of benzene rings is 1. The third-order valence-electron chi connectivity index (χ3n) is 5.98. The average Bonchev–Trinajstić information content (AvgIpc) is 2.96. The first-order chi connectivity index (χ1) is 17.2. The first-order valence-corrected chi connectivity index (χ1v) is 12.1. The highest BCUT2D eigenvalue weighted by atomic mass is 16.4. The van der Waals surface area contributed by atoms with Crippen molar-refractivity contribution in [2.75, 3.05) is 26.2 Å². The van der Waals surface area contributed by atoms with E-state index in [0.717, 1.165) is 5.56 Å². The number of aliphatic imine (C=N–C) groups is 1. The molecule has 0 radical (unpaired) electrons. The number of nitrogens with one attached hydrogen (secondary N) is 2. The quantitative estimate of drug-likeness (QED) is 0.105. The lowest BCUT2D eigenvalue weighted by Crippen LogP contribution is -2.98. The van der Waals surface area contributed by atoms with Crippen molar-refractivity contribution in [1.82, 2.24) is 15.5 Å². The van der Waals surface area contributed by atoms with Crippen LogP contribution in [0.2, 0.25) is 0 Å². The van der Waals surface area contributed by atoms with E-state index in [1.807, 2.05) is 30.3 Å². The van der Waals surface area contributed by atoms with Crippen LogP contribution in [-0.2, 0) is 25.6 Å². The van der Waals surface area contributed by atoms with Crippen LogP contribution in [0.15, 0.2) is 35.3 Å². The Labute approximate surface area is 210 Å². The third-order valence-corrected chi connectivity index (χ3v) is 5.98. The van der Waals surface area contributed by atoms with E-state index in [4.69, 9.17) is 11.5 Å². The molecule has 1 aromatic rings. The normalized spacial score (nSPS) is 18.6. The number of guanidine groups is 1. The van der Waals surface area contributed by atoms with Crippen molar-refractivity contribution in [2.24, 2.45) is 16.5 Å². The monoisotopic (exact) mass is 503 g/mol. The van der Waals surface area contributed by atoms with Crippen LogP contribution in [0.1, 0.15) is 38.2 Å². The molecule has 0 aliphatic carbocycles. The molecule has 12 nitrogen and oxygen atoms in total. The number of nitrogens with two attached hydrogens (primary N) is 3. The molecular formula is C24H37N7O5. The lowest BCUT2D eigenvalue weighted by Gasteiger charge is -2.23. The van der Waals surface area contributed by atoms with Crippen LogP contribution in [0, 0.1) is 0 Å². The fourth-order valence-corrected chi connectivity index (χ4v) is 4.18. The van der Waals surface area contributed by atoms with Gasteiger partial charge in [-0.05, 0) is 24.8 Å². The standard InChI is InChI=1S/C24H37N7O5/c1-16(32)29-19(8-5-11-27-24(25)26)22(35)28-15-18-10-13-31(12-9-17-6-3-2-4-7-17)23(36)20(30-18)14-21(33)34/h2-4,6-7,18-20,30H,5,8-15H2,1H3,(H,28,35)(H,29,32)(H,33,34)(H4,25,26,27)/t18-,19+,20-/m0/s1. The van der Waals surface area contributed by atoms with Crippen molar-refractivity contribution in [3.8, 4) is 0 Å². The number of aliphatic carboxylic acids is 1. The van der Waals surface area contributed by atoms with E-state index in [9.17, 15) is 24.3 Å². The molecule has 8 N–H and O–H groups in total. The van der Waals surface area contributed by atoms with E-state index in [1.165, 1.54) is 6.92 Å². The topological polar surface area (TPSA) is 200 Å². The third kappa shape index (κ3) is 10.3. The van der Waals surface area contributed by atoms with Crippen LogP contribution in [0.25, 0.3) is 0 Å². The molecule has 2 rings (SSSR count). The number of rotatable bonds is 13. The summed E-state index contributed by atoms with van der Waals surface area (Å²) in [5.74, 6) is -2.30. The largest absolute Gasteiger partial charge is 0.550 e. The van der Waals surface area contributed by atoms with Crippen LogP contribution in [0.5, 0.6) is 0 Å². The van der Waals surface area contributed by atoms with Gasteiger partial charge in [0.1, 0.15) is 12.1 Å². The SMILES string of the molecule is CC(=O)N[C@H](CCCN=C(N)N)C(=O)NC[C@@H]1CCN(CCc2ccccc2)C(=O)[C@H](CC(=O)[O-])[NH2+]1. The highest BCUT2D eigenvalue weighted by Gasteiger charge is 2.34. The summed E-state index contributed by atoms with van der Waals surface area (Å²) in [6.45, 7) is 2.79. The Hall–Kier alpha value is -3.67. The predicted octanol–water partition coefficient (Wildman–Crippen LogP) is -3.42. The molecule has 0 aromatic heterocycles. The number of amides is 3. The molecule has 3 atom stereocenters. The van der Waals surface area contributed by atoms with Crippen LogP contribution >= 0.6 is 0 Å². The number of carboxylic acids is 1. The lowest BCUT2D eigenvalue weighted by molar-refractivity contribution is -0.706. The Kier molecular flexibility index (Phi) is 11.6. The Bertz CT molecular complexity index is 921. The number of carbonyl (C=O) groups excluding carboxylic acids is 4. The van der Waals surface area contributed by atoms with E-state index in [2.05, 4.69) is 15.6 Å². The minimum Gasteiger partial charge on any atom is -0.550 e. The number of hydrogen-bond donors (Lipinski definition) is 5. The van der Waals surface area contributed by atoms with Crippen molar-refractivity contribution in [3.63, 3.8) is 0 Å². The van der Waals surface area contributed by atoms with Crippen molar-refractivity contribution >= 4 is 29.7 Å². The van der Waals surface area contributed by atoms with Gasteiger partial charge in [-0.1, -0.05) is 30.3 Å². The summed E-state index contributed by atoms with van der Waals surface area (Å²) in [6.07, 6.45) is 1.65. The second-order valence-corrected chi connectivity index (χ2v) is 8.93. The Morgan fingerprint density at radius 2 is 1.97 bits per heavy atom. The van der Waals surface area contributed by atoms with E-state index in [-0.39, 0.29) is 36.3 Å². The maximum atomic E-state index is 13.1. The number of nitrogens with zero attached hydrogens (tertiary/aromatic N) is 2. The summed E-state index contributed by atoms with van der Waals surface area (Å²) in [5, 5.41) is 18.5. The lowest BCUT2D eigenvalue weighted by atomic mass is 10.1. The van der Waals surface area contributed by atoms with Gasteiger partial charge in [-0.2, -0.15) is 0 Å². The summed E-state index contributed by atoms with van der Waals surface area (Å²) in [4.78, 5) is 54.3. The van der Waals surface area contributed by atoms with Crippen molar-refractivity contribution in [3.05, 3.63) is 35.9 Å². The van der Waals surface area contributed by atoms with Gasteiger partial charge in [0, 0.05) is 45.4 Å². The summed E-state index contributed by atoms with van der Waals surface area (Å²) < 4.78 is 0. The second kappa shape index (κ2) is 14.7. The fourth-order valence-electron chi connectivity index (χ4n) is 4.18. The van der Waals surface area contributed by atoms with Gasteiger partial charge in [0.05, 0.1) is 6.54 Å². The van der Waals surface area contributed by atoms with Gasteiger partial charge < -0.3 is 42.2 Å². The minimum absolute atomic E-state index is 0.0436. The Morgan fingerprint density at radius 3 is 2.61 bits per heavy atom. The summed E-state index contributed by atoms with van der Waals surface area (Å²) >= 11 is 0. The molecule has 1 heterocycles. The highest BCUT2D eigenvalue weighted by Crippen LogP contribution is 2.08. The smallest absolute Gasteiger partial charge is 0.281 e. The molecule has 1 fully saturated rings. The van der Waals surface area contributed by atoms with Gasteiger partial charge in [-0.15, -0.1) is 0 Å². The van der Waals surface area contributed by atoms with Gasteiger partial charge in [0.15, 0.2) is 12.0 Å². The first-order valence-electron chi connectivity index (χ1n) is 12.1. The van der Waals surface area contributed by atoms with Crippen molar-refractivity contribution in [1.29, 1.82) is 0 Å². The molecule has 0 spiro atoms. The van der Waals surface area contributed by atoms with Gasteiger partial charge in [-0.3, -0.25) is 19.4 Å². The number of quaternary nitrogens is 1. The van der Waals surface area contributed by atoms with Crippen LogP contribution in [-0.4, -0.2) is 78.9 Å². The molecule has 36 heavy (non-hydrogen) atoms. The van der Waals surface area contributed by atoms with E-state index in [1.54, 1.807) is 10.2 Å². The van der Waals surface area contributed by atoms with Crippen molar-refractivity contribution < 1.29 is 29.6 Å². The Balaban J connectivity index is 1.98. The molecular weight excluding hydrogens is 466 g/mol. The van der Waals surface area contributed by atoms with E-state index < -0.39 is 24.5 Å². The number of carbonyl (C=O) groups is 4. The minimum atomic E-state index is -1.30. The average molecular weight is 504 g/mol. The fraction of sp³-hybridized carbons (Fsp3) is 0.542. The molecule has 3 amide bonds. The molecule has 1 aromatic carbocycles. The molecule has 198 valence electrons. The summed E-state index contributed by atoms with van der Waals surface area (Å²) in [5.41, 5.74) is 11.7. The van der Waals surface area contributed by atoms with E-state index >= 15 is 0 Å². The second-order valence-electron chi connectivity index (χ2n) is 8.93. The van der Waals surface area contributed by atoms with Gasteiger partial charge in [-0.25, -0.2) is 0 Å².